The van der Waals surface area contributed by atoms with E-state index in [-0.39, 0.29) is 23.6 Å². The summed E-state index contributed by atoms with van der Waals surface area (Å²) >= 11 is 0. The summed E-state index contributed by atoms with van der Waals surface area (Å²) in [4.78, 5) is 49.0. The number of hydrogen-bond donors (Lipinski definition) is 3. The first-order chi connectivity index (χ1) is 18.0. The number of fused-ring (bicyclic) bond motifs is 1. The first-order valence-corrected chi connectivity index (χ1v) is 11.7. The molecule has 5 rings (SSSR count). The molecule has 184 valence electrons. The highest BCUT2D eigenvalue weighted by atomic mass is 16.2. The number of carbonyl (C=O) groups excluding carboxylic acids is 2. The van der Waals surface area contributed by atoms with Crippen LogP contribution in [0, 0.1) is 6.92 Å². The summed E-state index contributed by atoms with van der Waals surface area (Å²) in [6, 6.07) is 12.6. The Balaban J connectivity index is 1.22. The number of aryl methyl sites for hydroxylation is 1. The fourth-order valence-corrected chi connectivity index (χ4v) is 4.02. The lowest BCUT2D eigenvalue weighted by Crippen LogP contribution is -2.33. The number of amides is 2. The Hall–Kier alpha value is -5.05. The van der Waals surface area contributed by atoms with Crippen molar-refractivity contribution in [3.63, 3.8) is 0 Å². The molecule has 0 aliphatic carbocycles. The zero-order chi connectivity index (χ0) is 25.8. The molecule has 1 aromatic carbocycles. The fraction of sp³-hybridized carbons (Fsp3) is 0.107. The Morgan fingerprint density at radius 1 is 1.14 bits per heavy atom. The summed E-state index contributed by atoms with van der Waals surface area (Å²) in [5, 5.41) is 5.64. The van der Waals surface area contributed by atoms with Gasteiger partial charge in [0.25, 0.3) is 17.4 Å². The topological polar surface area (TPSA) is 122 Å². The van der Waals surface area contributed by atoms with Gasteiger partial charge >= 0.3 is 0 Å². The molecule has 1 aliphatic rings. The van der Waals surface area contributed by atoms with Gasteiger partial charge in [-0.3, -0.25) is 19.4 Å². The zero-order valence-electron chi connectivity index (χ0n) is 20.1. The maximum absolute atomic E-state index is 12.8. The fourth-order valence-electron chi connectivity index (χ4n) is 4.02. The largest absolute Gasteiger partial charge is 0.348 e. The van der Waals surface area contributed by atoms with E-state index in [4.69, 9.17) is 0 Å². The predicted octanol–water partition coefficient (Wildman–Crippen LogP) is 3.26. The number of carbonyl (C=O) groups is 2. The molecule has 9 heteroatoms. The van der Waals surface area contributed by atoms with Crippen LogP contribution in [0.25, 0.3) is 17.7 Å². The van der Waals surface area contributed by atoms with Crippen LogP contribution in [0.2, 0.25) is 0 Å². The molecule has 3 aromatic heterocycles. The number of aromatic amines is 1. The van der Waals surface area contributed by atoms with E-state index >= 15 is 0 Å². The Morgan fingerprint density at radius 2 is 2.03 bits per heavy atom. The van der Waals surface area contributed by atoms with Crippen LogP contribution in [0.1, 0.15) is 38.4 Å². The van der Waals surface area contributed by atoms with Gasteiger partial charge < -0.3 is 20.2 Å². The van der Waals surface area contributed by atoms with Crippen molar-refractivity contribution in [2.24, 2.45) is 0 Å². The van der Waals surface area contributed by atoms with E-state index in [0.29, 0.717) is 12.1 Å². The van der Waals surface area contributed by atoms with Gasteiger partial charge in [0.15, 0.2) is 0 Å². The zero-order valence-corrected chi connectivity index (χ0v) is 20.1. The number of imidazole rings is 1. The lowest BCUT2D eigenvalue weighted by molar-refractivity contribution is -0.110. The summed E-state index contributed by atoms with van der Waals surface area (Å²) in [5.41, 5.74) is 5.19. The van der Waals surface area contributed by atoms with Crippen LogP contribution in [-0.2, 0) is 11.3 Å². The van der Waals surface area contributed by atoms with Gasteiger partial charge in [0.2, 0.25) is 0 Å². The number of H-pyrrole nitrogens is 1. The maximum atomic E-state index is 12.8. The average molecular weight is 493 g/mol. The number of rotatable bonds is 7. The number of pyridine rings is 2. The Labute approximate surface area is 212 Å². The van der Waals surface area contributed by atoms with E-state index in [2.05, 4.69) is 25.6 Å². The normalized spacial score (nSPS) is 13.6. The molecule has 2 amide bonds. The van der Waals surface area contributed by atoms with E-state index in [9.17, 15) is 14.4 Å². The van der Waals surface area contributed by atoms with Crippen molar-refractivity contribution < 1.29 is 9.59 Å². The Morgan fingerprint density at radius 3 is 2.81 bits per heavy atom. The molecule has 4 aromatic rings. The summed E-state index contributed by atoms with van der Waals surface area (Å²) in [6.07, 6.45) is 12.0. The van der Waals surface area contributed by atoms with Gasteiger partial charge in [-0.1, -0.05) is 30.4 Å². The number of aromatic nitrogens is 4. The minimum absolute atomic E-state index is 0.0767. The van der Waals surface area contributed by atoms with Crippen LogP contribution >= 0.6 is 0 Å². The molecule has 3 N–H and O–H groups in total. The molecule has 0 spiro atoms. The van der Waals surface area contributed by atoms with Crippen LogP contribution in [0.4, 0.5) is 5.69 Å². The van der Waals surface area contributed by atoms with Crippen molar-refractivity contribution in [3.05, 3.63) is 117 Å². The van der Waals surface area contributed by atoms with Gasteiger partial charge in [-0.2, -0.15) is 0 Å². The number of benzene rings is 1. The minimum atomic E-state index is -0.444. The van der Waals surface area contributed by atoms with Gasteiger partial charge in [-0.15, -0.1) is 0 Å². The van der Waals surface area contributed by atoms with Gasteiger partial charge in [0, 0.05) is 35.9 Å². The molecule has 1 aliphatic heterocycles. The molecule has 0 unspecified atom stereocenters. The SMILES string of the molecule is Cc1ccc(Cn2cccc(C(=O)NC/C=C/c3ccc4c(c3)NC(=O)/C4=C/c3cnc[nH]3)c2=O)cn1. The quantitative estimate of drug-likeness (QED) is 0.342. The molecule has 9 nitrogen and oxygen atoms in total. The highest BCUT2D eigenvalue weighted by Crippen LogP contribution is 2.33. The third kappa shape index (κ3) is 5.30. The van der Waals surface area contributed by atoms with Crippen molar-refractivity contribution in [2.45, 2.75) is 13.5 Å². The molecule has 0 saturated heterocycles. The second-order valence-electron chi connectivity index (χ2n) is 8.60. The first-order valence-electron chi connectivity index (χ1n) is 11.7. The number of hydrogen-bond acceptors (Lipinski definition) is 5. The Kier molecular flexibility index (Phi) is 6.58. The third-order valence-corrected chi connectivity index (χ3v) is 5.93. The van der Waals surface area contributed by atoms with Crippen LogP contribution in [0.15, 0.2) is 78.3 Å². The highest BCUT2D eigenvalue weighted by Gasteiger charge is 2.24. The van der Waals surface area contributed by atoms with Crippen molar-refractivity contribution in [3.8, 4) is 0 Å². The van der Waals surface area contributed by atoms with Gasteiger partial charge in [0.1, 0.15) is 5.56 Å². The van der Waals surface area contributed by atoms with Gasteiger partial charge in [0.05, 0.1) is 30.3 Å². The lowest BCUT2D eigenvalue weighted by Gasteiger charge is -2.08. The molecule has 37 heavy (non-hydrogen) atoms. The molecular formula is C28H24N6O3. The molecule has 4 heterocycles. The van der Waals surface area contributed by atoms with E-state index in [1.54, 1.807) is 43.1 Å². The molecule has 0 atom stereocenters. The van der Waals surface area contributed by atoms with Crippen LogP contribution in [0.3, 0.4) is 0 Å². The van der Waals surface area contributed by atoms with Crippen molar-refractivity contribution in [2.75, 3.05) is 11.9 Å². The second kappa shape index (κ2) is 10.3. The van der Waals surface area contributed by atoms with E-state index < -0.39 is 5.91 Å². The Bertz CT molecular complexity index is 1580. The third-order valence-electron chi connectivity index (χ3n) is 5.93. The maximum Gasteiger partial charge on any atom is 0.263 e. The number of nitrogens with zero attached hydrogens (tertiary/aromatic N) is 3. The van der Waals surface area contributed by atoms with Crippen LogP contribution in [0.5, 0.6) is 0 Å². The van der Waals surface area contributed by atoms with Crippen molar-refractivity contribution >= 4 is 35.2 Å². The predicted molar refractivity (Wildman–Crippen MR) is 142 cm³/mol. The van der Waals surface area contributed by atoms with E-state index in [1.807, 2.05) is 43.3 Å². The second-order valence-corrected chi connectivity index (χ2v) is 8.60. The summed E-state index contributed by atoms with van der Waals surface area (Å²) in [7, 11) is 0. The summed E-state index contributed by atoms with van der Waals surface area (Å²) < 4.78 is 1.49. The van der Waals surface area contributed by atoms with Crippen molar-refractivity contribution in [1.29, 1.82) is 0 Å². The summed E-state index contributed by atoms with van der Waals surface area (Å²) in [6.45, 7) is 2.47. The standard InChI is InChI=1S/C28H24N6O3/c1-18-6-7-20(14-31-18)16-34-11-3-5-23(28(34)37)26(35)30-10-2-4-19-8-9-22-24(13-21-15-29-17-32-21)27(36)33-25(22)12-19/h2-9,11-15,17H,10,16H2,1H3,(H,29,32)(H,30,35)(H,33,36)/b4-2+,24-13+. The molecule has 0 bridgehead atoms. The number of anilines is 1. The van der Waals surface area contributed by atoms with Crippen LogP contribution in [-0.4, -0.2) is 37.9 Å². The van der Waals surface area contributed by atoms with Crippen LogP contribution < -0.4 is 16.2 Å². The smallest absolute Gasteiger partial charge is 0.263 e. The van der Waals surface area contributed by atoms with Gasteiger partial charge in [-0.25, -0.2) is 4.98 Å². The molecule has 0 radical (unpaired) electrons. The molecule has 0 saturated carbocycles. The molecular weight excluding hydrogens is 468 g/mol. The number of nitrogens with one attached hydrogen (secondary N) is 3. The van der Waals surface area contributed by atoms with Gasteiger partial charge in [-0.05, 0) is 48.4 Å². The van der Waals surface area contributed by atoms with Crippen molar-refractivity contribution in [1.82, 2.24) is 24.8 Å². The van der Waals surface area contributed by atoms with E-state index in [1.165, 1.54) is 10.6 Å². The monoisotopic (exact) mass is 492 g/mol. The lowest BCUT2D eigenvalue weighted by atomic mass is 10.0. The van der Waals surface area contributed by atoms with E-state index in [0.717, 1.165) is 33.8 Å². The minimum Gasteiger partial charge on any atom is -0.348 e. The summed E-state index contributed by atoms with van der Waals surface area (Å²) in [5.74, 6) is -0.619. The first kappa shape index (κ1) is 23.7. The molecule has 0 fully saturated rings. The average Bonchev–Trinajstić information content (AvgIpc) is 3.52. The highest BCUT2D eigenvalue weighted by molar-refractivity contribution is 6.34.